The van der Waals surface area contributed by atoms with E-state index in [1.54, 1.807) is 17.7 Å². The molecule has 0 aliphatic heterocycles. The topological polar surface area (TPSA) is 84.2 Å². The fourth-order valence-electron chi connectivity index (χ4n) is 1.75. The summed E-state index contributed by atoms with van der Waals surface area (Å²) in [6, 6.07) is 0.812. The number of hydrogen-bond donors (Lipinski definition) is 2. The molecule has 0 saturated heterocycles. The summed E-state index contributed by atoms with van der Waals surface area (Å²) in [5, 5.41) is 15.7. The molecule has 1 rings (SSSR count). The number of rotatable bonds is 6. The van der Waals surface area contributed by atoms with E-state index in [2.05, 4.69) is 10.4 Å². The maximum atomic E-state index is 12.0. The third-order valence-electron chi connectivity index (χ3n) is 2.62. The fourth-order valence-corrected chi connectivity index (χ4v) is 1.75. The molecule has 0 radical (unpaired) electrons. The number of carbonyl (C=O) groups excluding carboxylic acids is 1. The summed E-state index contributed by atoms with van der Waals surface area (Å²) >= 11 is 0. The highest BCUT2D eigenvalue weighted by Crippen LogP contribution is 2.05. The van der Waals surface area contributed by atoms with Gasteiger partial charge in [-0.2, -0.15) is 5.10 Å². The van der Waals surface area contributed by atoms with Crippen LogP contribution in [0.5, 0.6) is 0 Å². The zero-order valence-corrected chi connectivity index (χ0v) is 10.9. The van der Waals surface area contributed by atoms with Gasteiger partial charge in [-0.05, 0) is 26.3 Å². The molecule has 18 heavy (non-hydrogen) atoms. The van der Waals surface area contributed by atoms with Crippen LogP contribution in [0.4, 0.5) is 0 Å². The molecule has 1 heterocycles. The standard InChI is InChI=1S/C12H19N3O3/c1-4-6-9(12(17)18)13-11(16)10-7-8(3)14-15(10)5-2/h7,9H,4-6H2,1-3H3,(H,13,16)(H,17,18)/t9-/m1/s1. The molecular weight excluding hydrogens is 234 g/mol. The monoisotopic (exact) mass is 253 g/mol. The lowest BCUT2D eigenvalue weighted by Gasteiger charge is -2.13. The number of nitrogens with one attached hydrogen (secondary N) is 1. The van der Waals surface area contributed by atoms with Crippen molar-refractivity contribution in [3.05, 3.63) is 17.5 Å². The van der Waals surface area contributed by atoms with Gasteiger partial charge in [-0.3, -0.25) is 9.48 Å². The van der Waals surface area contributed by atoms with Gasteiger partial charge in [-0.15, -0.1) is 0 Å². The SMILES string of the molecule is CCC[C@@H](NC(=O)c1cc(C)nn1CC)C(=O)O. The number of carboxylic acid groups (broad SMARTS) is 1. The average molecular weight is 253 g/mol. The van der Waals surface area contributed by atoms with Crippen LogP contribution in [0, 0.1) is 6.92 Å². The molecular formula is C12H19N3O3. The molecule has 1 atom stereocenters. The van der Waals surface area contributed by atoms with Crippen LogP contribution < -0.4 is 5.32 Å². The molecule has 0 bridgehead atoms. The van der Waals surface area contributed by atoms with Crippen molar-refractivity contribution in [2.24, 2.45) is 0 Å². The van der Waals surface area contributed by atoms with Gasteiger partial charge in [0.15, 0.2) is 0 Å². The molecule has 0 aromatic carbocycles. The maximum Gasteiger partial charge on any atom is 0.326 e. The second kappa shape index (κ2) is 6.18. The van der Waals surface area contributed by atoms with E-state index in [1.807, 2.05) is 13.8 Å². The number of nitrogens with zero attached hydrogens (tertiary/aromatic N) is 2. The summed E-state index contributed by atoms with van der Waals surface area (Å²) in [7, 11) is 0. The molecule has 1 aromatic rings. The highest BCUT2D eigenvalue weighted by molar-refractivity contribution is 5.95. The van der Waals surface area contributed by atoms with E-state index in [0.29, 0.717) is 25.1 Å². The predicted octanol–water partition coefficient (Wildman–Crippen LogP) is 1.19. The Morgan fingerprint density at radius 2 is 2.17 bits per heavy atom. The largest absolute Gasteiger partial charge is 0.480 e. The number of aromatic nitrogens is 2. The molecule has 100 valence electrons. The summed E-state index contributed by atoms with van der Waals surface area (Å²) in [5.41, 5.74) is 1.14. The highest BCUT2D eigenvalue weighted by Gasteiger charge is 2.21. The lowest BCUT2D eigenvalue weighted by atomic mass is 10.1. The lowest BCUT2D eigenvalue weighted by Crippen LogP contribution is -2.41. The molecule has 6 nitrogen and oxygen atoms in total. The Kier molecular flexibility index (Phi) is 4.88. The third kappa shape index (κ3) is 3.32. The molecule has 6 heteroatoms. The van der Waals surface area contributed by atoms with Crippen LogP contribution in [-0.4, -0.2) is 32.8 Å². The number of aryl methyl sites for hydroxylation is 2. The summed E-state index contributed by atoms with van der Waals surface area (Å²) in [6.07, 6.45) is 1.11. The first-order valence-corrected chi connectivity index (χ1v) is 6.07. The van der Waals surface area contributed by atoms with Crippen molar-refractivity contribution in [1.82, 2.24) is 15.1 Å². The first kappa shape index (κ1) is 14.2. The zero-order chi connectivity index (χ0) is 13.7. The summed E-state index contributed by atoms with van der Waals surface area (Å²) in [4.78, 5) is 23.0. The van der Waals surface area contributed by atoms with E-state index in [9.17, 15) is 9.59 Å². The smallest absolute Gasteiger partial charge is 0.326 e. The van der Waals surface area contributed by atoms with Crippen molar-refractivity contribution in [3.63, 3.8) is 0 Å². The van der Waals surface area contributed by atoms with Crippen molar-refractivity contribution in [3.8, 4) is 0 Å². The number of hydrogen-bond acceptors (Lipinski definition) is 3. The van der Waals surface area contributed by atoms with E-state index in [-0.39, 0.29) is 0 Å². The molecule has 0 saturated carbocycles. The van der Waals surface area contributed by atoms with Gasteiger partial charge in [-0.25, -0.2) is 4.79 Å². The second-order valence-electron chi connectivity index (χ2n) is 4.14. The molecule has 0 spiro atoms. The summed E-state index contributed by atoms with van der Waals surface area (Å²) in [6.45, 7) is 6.12. The fraction of sp³-hybridized carbons (Fsp3) is 0.583. The van der Waals surface area contributed by atoms with Gasteiger partial charge in [0.25, 0.3) is 5.91 Å². The van der Waals surface area contributed by atoms with Crippen LogP contribution in [-0.2, 0) is 11.3 Å². The molecule has 1 aromatic heterocycles. The van der Waals surface area contributed by atoms with Crippen LogP contribution in [0.25, 0.3) is 0 Å². The van der Waals surface area contributed by atoms with E-state index < -0.39 is 17.9 Å². The highest BCUT2D eigenvalue weighted by atomic mass is 16.4. The van der Waals surface area contributed by atoms with E-state index >= 15 is 0 Å². The Bertz CT molecular complexity index is 440. The Labute approximate surface area is 106 Å². The number of amides is 1. The minimum atomic E-state index is -1.01. The van der Waals surface area contributed by atoms with Gasteiger partial charge in [0.05, 0.1) is 5.69 Å². The van der Waals surface area contributed by atoms with Gasteiger partial charge < -0.3 is 10.4 Å². The van der Waals surface area contributed by atoms with Gasteiger partial charge >= 0.3 is 5.97 Å². The second-order valence-corrected chi connectivity index (χ2v) is 4.14. The number of carbonyl (C=O) groups is 2. The van der Waals surface area contributed by atoms with Gasteiger partial charge in [0.2, 0.25) is 0 Å². The van der Waals surface area contributed by atoms with Gasteiger partial charge in [-0.1, -0.05) is 13.3 Å². The Balaban J connectivity index is 2.83. The van der Waals surface area contributed by atoms with Gasteiger partial charge in [0.1, 0.15) is 11.7 Å². The molecule has 0 aliphatic rings. The Hall–Kier alpha value is -1.85. The van der Waals surface area contributed by atoms with Crippen molar-refractivity contribution in [1.29, 1.82) is 0 Å². The Morgan fingerprint density at radius 3 is 2.67 bits per heavy atom. The van der Waals surface area contributed by atoms with Gasteiger partial charge in [0, 0.05) is 6.54 Å². The number of aliphatic carboxylic acids is 1. The maximum absolute atomic E-state index is 12.0. The average Bonchev–Trinajstić information content (AvgIpc) is 2.69. The number of carboxylic acids is 1. The van der Waals surface area contributed by atoms with Crippen LogP contribution in [0.2, 0.25) is 0 Å². The minimum absolute atomic E-state index is 0.390. The van der Waals surface area contributed by atoms with Crippen LogP contribution in [0.1, 0.15) is 42.9 Å². The summed E-state index contributed by atoms with van der Waals surface area (Å²) < 4.78 is 1.57. The van der Waals surface area contributed by atoms with Crippen molar-refractivity contribution < 1.29 is 14.7 Å². The van der Waals surface area contributed by atoms with Crippen molar-refractivity contribution >= 4 is 11.9 Å². The van der Waals surface area contributed by atoms with E-state index in [4.69, 9.17) is 5.11 Å². The van der Waals surface area contributed by atoms with Crippen LogP contribution in [0.3, 0.4) is 0 Å². The predicted molar refractivity (Wildman–Crippen MR) is 66.4 cm³/mol. The normalized spacial score (nSPS) is 12.2. The summed E-state index contributed by atoms with van der Waals surface area (Å²) in [5.74, 6) is -1.40. The first-order valence-electron chi connectivity index (χ1n) is 6.07. The molecule has 2 N–H and O–H groups in total. The lowest BCUT2D eigenvalue weighted by molar-refractivity contribution is -0.139. The molecule has 0 aliphatic carbocycles. The minimum Gasteiger partial charge on any atom is -0.480 e. The van der Waals surface area contributed by atoms with Crippen molar-refractivity contribution in [2.75, 3.05) is 0 Å². The first-order chi connectivity index (χ1) is 8.49. The Morgan fingerprint density at radius 1 is 1.50 bits per heavy atom. The van der Waals surface area contributed by atoms with E-state index in [0.717, 1.165) is 5.69 Å². The quantitative estimate of drug-likeness (QED) is 0.797. The third-order valence-corrected chi connectivity index (χ3v) is 2.62. The van der Waals surface area contributed by atoms with Crippen LogP contribution >= 0.6 is 0 Å². The molecule has 0 unspecified atom stereocenters. The zero-order valence-electron chi connectivity index (χ0n) is 10.9. The molecule has 0 fully saturated rings. The van der Waals surface area contributed by atoms with Crippen molar-refractivity contribution in [2.45, 2.75) is 46.2 Å². The van der Waals surface area contributed by atoms with Crippen LogP contribution in [0.15, 0.2) is 6.07 Å². The molecule has 1 amide bonds. The van der Waals surface area contributed by atoms with E-state index in [1.165, 1.54) is 0 Å².